The Balaban J connectivity index is 0.00000112. The highest BCUT2D eigenvalue weighted by Gasteiger charge is 2.53. The van der Waals surface area contributed by atoms with E-state index in [2.05, 4.69) is 10.6 Å². The Bertz CT molecular complexity index is 287. The van der Waals surface area contributed by atoms with Crippen molar-refractivity contribution >= 4 is 18.3 Å². The van der Waals surface area contributed by atoms with Gasteiger partial charge in [0, 0.05) is 24.7 Å². The first-order valence-corrected chi connectivity index (χ1v) is 5.27. The Morgan fingerprint density at radius 3 is 2.20 bits per heavy atom. The number of halogens is 1. The molecule has 1 saturated carbocycles. The normalized spacial score (nSPS) is 31.3. The summed E-state index contributed by atoms with van der Waals surface area (Å²) >= 11 is 0. The van der Waals surface area contributed by atoms with E-state index in [1.165, 1.54) is 0 Å². The average Bonchev–Trinajstić information content (AvgIpc) is 2.63. The van der Waals surface area contributed by atoms with Gasteiger partial charge < -0.3 is 10.6 Å². The van der Waals surface area contributed by atoms with E-state index in [1.807, 2.05) is 20.8 Å². The summed E-state index contributed by atoms with van der Waals surface area (Å²) in [7, 11) is 0. The fourth-order valence-electron chi connectivity index (χ4n) is 2.12. The molecular formula is C11H19ClN2O. The van der Waals surface area contributed by atoms with Crippen LogP contribution in [0.1, 0.15) is 20.8 Å². The van der Waals surface area contributed by atoms with Crippen LogP contribution in [0.3, 0.4) is 0 Å². The molecule has 4 heteroatoms. The van der Waals surface area contributed by atoms with E-state index in [1.54, 1.807) is 0 Å². The third kappa shape index (κ3) is 2.34. The number of carbonyl (C=O) groups is 1. The van der Waals surface area contributed by atoms with Crippen LogP contribution in [0.25, 0.3) is 0 Å². The smallest absolute Gasteiger partial charge is 0.247 e. The number of fused-ring (bicyclic) bond motifs is 1. The predicted octanol–water partition coefficient (Wildman–Crippen LogP) is 1.10. The highest BCUT2D eigenvalue weighted by atomic mass is 35.5. The summed E-state index contributed by atoms with van der Waals surface area (Å²) in [5.41, 5.74) is 1.97. The molecule has 0 aromatic rings. The molecule has 15 heavy (non-hydrogen) atoms. The fraction of sp³-hybridized carbons (Fsp3) is 0.727. The lowest BCUT2D eigenvalue weighted by Crippen LogP contribution is -2.33. The molecule has 86 valence electrons. The Kier molecular flexibility index (Phi) is 3.79. The Hall–Kier alpha value is -0.540. The monoisotopic (exact) mass is 230 g/mol. The van der Waals surface area contributed by atoms with Gasteiger partial charge in [0.2, 0.25) is 5.91 Å². The van der Waals surface area contributed by atoms with Crippen LogP contribution in [-0.2, 0) is 4.79 Å². The summed E-state index contributed by atoms with van der Waals surface area (Å²) in [6, 6.07) is 0.443. The van der Waals surface area contributed by atoms with Crippen LogP contribution in [0.4, 0.5) is 0 Å². The summed E-state index contributed by atoms with van der Waals surface area (Å²) in [4.78, 5) is 11.7. The van der Waals surface area contributed by atoms with Crippen LogP contribution in [0, 0.1) is 11.8 Å². The lowest BCUT2D eigenvalue weighted by molar-refractivity contribution is -0.117. The largest absolute Gasteiger partial charge is 0.349 e. The molecule has 2 rings (SSSR count). The summed E-state index contributed by atoms with van der Waals surface area (Å²) < 4.78 is 0. The van der Waals surface area contributed by atoms with Crippen LogP contribution < -0.4 is 10.6 Å². The fourth-order valence-corrected chi connectivity index (χ4v) is 2.12. The topological polar surface area (TPSA) is 41.1 Å². The highest BCUT2D eigenvalue weighted by Crippen LogP contribution is 2.41. The van der Waals surface area contributed by atoms with Gasteiger partial charge in [-0.15, -0.1) is 12.4 Å². The van der Waals surface area contributed by atoms with Crippen LogP contribution in [0.5, 0.6) is 0 Å². The van der Waals surface area contributed by atoms with E-state index in [4.69, 9.17) is 0 Å². The van der Waals surface area contributed by atoms with E-state index in [-0.39, 0.29) is 18.3 Å². The first-order valence-electron chi connectivity index (χ1n) is 5.27. The van der Waals surface area contributed by atoms with Crippen LogP contribution in [0.15, 0.2) is 11.1 Å². The van der Waals surface area contributed by atoms with E-state index in [0.29, 0.717) is 17.9 Å². The van der Waals surface area contributed by atoms with Crippen molar-refractivity contribution < 1.29 is 4.79 Å². The van der Waals surface area contributed by atoms with Crippen molar-refractivity contribution in [3.05, 3.63) is 11.1 Å². The first kappa shape index (κ1) is 12.5. The molecule has 2 aliphatic rings. The van der Waals surface area contributed by atoms with Gasteiger partial charge in [-0.2, -0.15) is 0 Å². The molecule has 1 unspecified atom stereocenters. The van der Waals surface area contributed by atoms with Crippen molar-refractivity contribution in [3.8, 4) is 0 Å². The predicted molar refractivity (Wildman–Crippen MR) is 63.1 cm³/mol. The Labute approximate surface area is 97.1 Å². The van der Waals surface area contributed by atoms with Crippen molar-refractivity contribution in [2.45, 2.75) is 26.8 Å². The van der Waals surface area contributed by atoms with E-state index < -0.39 is 0 Å². The lowest BCUT2D eigenvalue weighted by Gasteiger charge is -2.08. The van der Waals surface area contributed by atoms with E-state index in [9.17, 15) is 4.79 Å². The molecule has 1 aliphatic carbocycles. The minimum Gasteiger partial charge on any atom is -0.349 e. The minimum absolute atomic E-state index is 0. The molecule has 1 saturated heterocycles. The maximum Gasteiger partial charge on any atom is 0.247 e. The van der Waals surface area contributed by atoms with E-state index >= 15 is 0 Å². The van der Waals surface area contributed by atoms with Gasteiger partial charge in [-0.1, -0.05) is 5.57 Å². The van der Waals surface area contributed by atoms with Crippen molar-refractivity contribution in [3.63, 3.8) is 0 Å². The number of hydrogen-bond acceptors (Lipinski definition) is 2. The second kappa shape index (κ2) is 4.54. The van der Waals surface area contributed by atoms with Crippen molar-refractivity contribution in [1.82, 2.24) is 10.6 Å². The molecule has 1 aliphatic heterocycles. The van der Waals surface area contributed by atoms with Gasteiger partial charge in [-0.3, -0.25) is 4.79 Å². The Morgan fingerprint density at radius 2 is 1.73 bits per heavy atom. The first-order chi connectivity index (χ1) is 6.61. The molecule has 1 heterocycles. The molecule has 2 fully saturated rings. The summed E-state index contributed by atoms with van der Waals surface area (Å²) in [6.45, 7) is 7.99. The molecule has 0 radical (unpaired) electrons. The van der Waals surface area contributed by atoms with Gasteiger partial charge in [-0.25, -0.2) is 0 Å². The second-order valence-electron chi connectivity index (χ2n) is 4.61. The SMILES string of the molecule is CC(C)=C(C)C(=O)NC1[C@H]2CNC[C@@H]12.Cl. The van der Waals surface area contributed by atoms with E-state index in [0.717, 1.165) is 24.2 Å². The quantitative estimate of drug-likeness (QED) is 0.698. The zero-order chi connectivity index (χ0) is 10.3. The van der Waals surface area contributed by atoms with Gasteiger partial charge in [0.05, 0.1) is 0 Å². The van der Waals surface area contributed by atoms with Crippen LogP contribution in [-0.4, -0.2) is 25.0 Å². The Morgan fingerprint density at radius 1 is 1.20 bits per heavy atom. The third-order valence-corrected chi connectivity index (χ3v) is 3.48. The van der Waals surface area contributed by atoms with Gasteiger partial charge >= 0.3 is 0 Å². The number of rotatable bonds is 2. The highest BCUT2D eigenvalue weighted by molar-refractivity contribution is 5.93. The van der Waals surface area contributed by atoms with Crippen LogP contribution >= 0.6 is 12.4 Å². The van der Waals surface area contributed by atoms with Crippen molar-refractivity contribution in [1.29, 1.82) is 0 Å². The van der Waals surface area contributed by atoms with Gasteiger partial charge in [0.25, 0.3) is 0 Å². The lowest BCUT2D eigenvalue weighted by atomic mass is 10.1. The number of piperidine rings is 1. The summed E-state index contributed by atoms with van der Waals surface area (Å²) in [5, 5.41) is 6.41. The van der Waals surface area contributed by atoms with Gasteiger partial charge in [0.15, 0.2) is 0 Å². The summed E-state index contributed by atoms with van der Waals surface area (Å²) in [6.07, 6.45) is 0. The molecular weight excluding hydrogens is 212 g/mol. The maximum atomic E-state index is 11.7. The number of hydrogen-bond donors (Lipinski definition) is 2. The zero-order valence-corrected chi connectivity index (χ0v) is 10.3. The molecule has 0 spiro atoms. The molecule has 3 atom stereocenters. The standard InChI is InChI=1S/C11H18N2O.ClH/c1-6(2)7(3)11(14)13-10-8-4-12-5-9(8)10;/h8-10,12H,4-5H2,1-3H3,(H,13,14);1H/t8-,9+,10?;. The molecule has 2 N–H and O–H groups in total. The summed E-state index contributed by atoms with van der Waals surface area (Å²) in [5.74, 6) is 1.51. The number of carbonyl (C=O) groups excluding carboxylic acids is 1. The zero-order valence-electron chi connectivity index (χ0n) is 9.46. The second-order valence-corrected chi connectivity index (χ2v) is 4.61. The molecule has 1 amide bonds. The molecule has 0 aromatic carbocycles. The van der Waals surface area contributed by atoms with Crippen LogP contribution in [0.2, 0.25) is 0 Å². The molecule has 0 aromatic heterocycles. The van der Waals surface area contributed by atoms with Gasteiger partial charge in [0.1, 0.15) is 0 Å². The number of allylic oxidation sites excluding steroid dienone is 1. The van der Waals surface area contributed by atoms with Crippen molar-refractivity contribution in [2.24, 2.45) is 11.8 Å². The van der Waals surface area contributed by atoms with Gasteiger partial charge in [-0.05, 0) is 32.6 Å². The number of amides is 1. The third-order valence-electron chi connectivity index (χ3n) is 3.48. The number of nitrogens with one attached hydrogen (secondary N) is 2. The maximum absolute atomic E-state index is 11.7. The van der Waals surface area contributed by atoms with Crippen molar-refractivity contribution in [2.75, 3.05) is 13.1 Å². The average molecular weight is 231 g/mol. The molecule has 0 bridgehead atoms. The molecule has 3 nitrogen and oxygen atoms in total. The minimum atomic E-state index is 0.